The zero-order chi connectivity index (χ0) is 22.7. The number of hydrogen-bond donors (Lipinski definition) is 0. The molecule has 3 rings (SSSR count). The summed E-state index contributed by atoms with van der Waals surface area (Å²) < 4.78 is 87.1. The molecule has 2 aromatic carbocycles. The van der Waals surface area contributed by atoms with Gasteiger partial charge in [-0.05, 0) is 67.9 Å². The summed E-state index contributed by atoms with van der Waals surface area (Å²) in [5.41, 5.74) is -1.18. The van der Waals surface area contributed by atoms with Crippen LogP contribution >= 0.6 is 0 Å². The van der Waals surface area contributed by atoms with Gasteiger partial charge in [-0.25, -0.2) is 26.3 Å². The number of benzene rings is 2. The summed E-state index contributed by atoms with van der Waals surface area (Å²) in [7, 11) is 0. The first-order valence-corrected chi connectivity index (χ1v) is 11.1. The molecule has 0 aromatic heterocycles. The topological polar surface area (TPSA) is 0 Å². The molecular formula is C25H28F6. The second kappa shape index (κ2) is 10.1. The second-order valence-electron chi connectivity index (χ2n) is 8.52. The third kappa shape index (κ3) is 4.78. The Kier molecular flexibility index (Phi) is 7.71. The molecule has 1 fully saturated rings. The molecule has 0 N–H and O–H groups in total. The lowest BCUT2D eigenvalue weighted by Crippen LogP contribution is -2.18. The standard InChI is InChI=1S/C25H28F6/c1-3-5-14-6-8-16(9-7-14)19-24(30)22(28)18(23(29)25(19)31)13-12-17-11-10-15(4-2)20(26)21(17)27/h10-11,14,16H,3-9,12-13H2,1-2H3. The molecule has 0 nitrogen and oxygen atoms in total. The minimum atomic E-state index is -1.43. The summed E-state index contributed by atoms with van der Waals surface area (Å²) in [6.45, 7) is 3.75. The molecule has 0 saturated heterocycles. The Bertz CT molecular complexity index is 899. The highest BCUT2D eigenvalue weighted by molar-refractivity contribution is 5.34. The summed E-state index contributed by atoms with van der Waals surface area (Å²) in [6.07, 6.45) is 4.15. The Hall–Kier alpha value is -1.98. The number of hydrogen-bond acceptors (Lipinski definition) is 0. The van der Waals surface area contributed by atoms with Crippen LogP contribution in [0.15, 0.2) is 12.1 Å². The summed E-state index contributed by atoms with van der Waals surface area (Å²) >= 11 is 0. The van der Waals surface area contributed by atoms with Gasteiger partial charge in [-0.1, -0.05) is 38.8 Å². The van der Waals surface area contributed by atoms with Gasteiger partial charge in [0.05, 0.1) is 0 Å². The van der Waals surface area contributed by atoms with Gasteiger partial charge in [0.15, 0.2) is 34.9 Å². The van der Waals surface area contributed by atoms with Crippen molar-refractivity contribution in [1.29, 1.82) is 0 Å². The molecule has 2 aromatic rings. The second-order valence-corrected chi connectivity index (χ2v) is 8.52. The summed E-state index contributed by atoms with van der Waals surface area (Å²) in [6, 6.07) is 2.74. The van der Waals surface area contributed by atoms with Crippen molar-refractivity contribution in [1.82, 2.24) is 0 Å². The van der Waals surface area contributed by atoms with E-state index < -0.39 is 58.4 Å². The van der Waals surface area contributed by atoms with E-state index in [1.54, 1.807) is 6.92 Å². The van der Waals surface area contributed by atoms with E-state index in [-0.39, 0.29) is 17.5 Å². The molecular weight excluding hydrogens is 414 g/mol. The van der Waals surface area contributed by atoms with Crippen LogP contribution in [0.5, 0.6) is 0 Å². The van der Waals surface area contributed by atoms with Crippen LogP contribution in [0, 0.1) is 40.8 Å². The highest BCUT2D eigenvalue weighted by Gasteiger charge is 2.32. The first kappa shape index (κ1) is 23.7. The van der Waals surface area contributed by atoms with Crippen molar-refractivity contribution in [3.8, 4) is 0 Å². The van der Waals surface area contributed by atoms with Crippen LogP contribution in [-0.4, -0.2) is 0 Å². The van der Waals surface area contributed by atoms with E-state index in [2.05, 4.69) is 6.92 Å². The first-order valence-electron chi connectivity index (χ1n) is 11.1. The molecule has 170 valence electrons. The van der Waals surface area contributed by atoms with Crippen molar-refractivity contribution < 1.29 is 26.3 Å². The fraction of sp³-hybridized carbons (Fsp3) is 0.520. The van der Waals surface area contributed by atoms with Crippen LogP contribution in [0.4, 0.5) is 26.3 Å². The summed E-state index contributed by atoms with van der Waals surface area (Å²) in [5, 5.41) is 0. The maximum absolute atomic E-state index is 14.8. The van der Waals surface area contributed by atoms with Crippen molar-refractivity contribution in [2.45, 2.75) is 77.6 Å². The lowest BCUT2D eigenvalue weighted by molar-refractivity contribution is 0.294. The number of aryl methyl sites for hydroxylation is 2. The predicted octanol–water partition coefficient (Wildman–Crippen LogP) is 7.94. The fourth-order valence-electron chi connectivity index (χ4n) is 4.78. The molecule has 0 heterocycles. The lowest BCUT2D eigenvalue weighted by Gasteiger charge is -2.29. The molecule has 6 heteroatoms. The zero-order valence-electron chi connectivity index (χ0n) is 17.9. The predicted molar refractivity (Wildman–Crippen MR) is 109 cm³/mol. The van der Waals surface area contributed by atoms with Crippen molar-refractivity contribution in [2.75, 3.05) is 0 Å². The highest BCUT2D eigenvalue weighted by atomic mass is 19.2. The molecule has 0 radical (unpaired) electrons. The third-order valence-electron chi connectivity index (χ3n) is 6.61. The lowest BCUT2D eigenvalue weighted by atomic mass is 9.76. The maximum Gasteiger partial charge on any atom is 0.165 e. The molecule has 1 aliphatic rings. The van der Waals surface area contributed by atoms with E-state index in [1.807, 2.05) is 0 Å². The Labute approximate surface area is 179 Å². The molecule has 0 spiro atoms. The number of halogens is 6. The van der Waals surface area contributed by atoms with E-state index in [0.717, 1.165) is 25.7 Å². The van der Waals surface area contributed by atoms with Gasteiger partial charge >= 0.3 is 0 Å². The van der Waals surface area contributed by atoms with Crippen LogP contribution in [0.25, 0.3) is 0 Å². The first-order chi connectivity index (χ1) is 14.8. The Morgan fingerprint density at radius 2 is 1.23 bits per heavy atom. The van der Waals surface area contributed by atoms with Crippen molar-refractivity contribution in [3.05, 3.63) is 69.3 Å². The van der Waals surface area contributed by atoms with E-state index >= 15 is 0 Å². The molecule has 0 amide bonds. The van der Waals surface area contributed by atoms with Crippen LogP contribution in [0.2, 0.25) is 0 Å². The van der Waals surface area contributed by atoms with Gasteiger partial charge in [0.2, 0.25) is 0 Å². The minimum absolute atomic E-state index is 0.0901. The van der Waals surface area contributed by atoms with Crippen molar-refractivity contribution >= 4 is 0 Å². The smallest absolute Gasteiger partial charge is 0.165 e. The molecule has 0 atom stereocenters. The Morgan fingerprint density at radius 1 is 0.677 bits per heavy atom. The van der Waals surface area contributed by atoms with E-state index in [4.69, 9.17) is 0 Å². The quantitative estimate of drug-likeness (QED) is 0.302. The maximum atomic E-state index is 14.8. The SMILES string of the molecule is CCCC1CCC(c2c(F)c(F)c(CCc3ccc(CC)c(F)c3F)c(F)c2F)CC1. The molecule has 0 unspecified atom stereocenters. The van der Waals surface area contributed by atoms with Gasteiger partial charge < -0.3 is 0 Å². The molecule has 31 heavy (non-hydrogen) atoms. The van der Waals surface area contributed by atoms with Crippen molar-refractivity contribution in [3.63, 3.8) is 0 Å². The molecule has 0 bridgehead atoms. The monoisotopic (exact) mass is 442 g/mol. The average molecular weight is 442 g/mol. The summed E-state index contributed by atoms with van der Waals surface area (Å²) in [5.74, 6) is -7.77. The van der Waals surface area contributed by atoms with Gasteiger partial charge in [-0.2, -0.15) is 0 Å². The number of rotatable bonds is 7. The van der Waals surface area contributed by atoms with Gasteiger partial charge in [0, 0.05) is 11.1 Å². The molecule has 1 saturated carbocycles. The van der Waals surface area contributed by atoms with Crippen molar-refractivity contribution in [2.24, 2.45) is 5.92 Å². The molecule has 1 aliphatic carbocycles. The van der Waals surface area contributed by atoms with E-state index in [1.165, 1.54) is 12.1 Å². The zero-order valence-corrected chi connectivity index (χ0v) is 17.9. The Morgan fingerprint density at radius 3 is 1.77 bits per heavy atom. The highest BCUT2D eigenvalue weighted by Crippen LogP contribution is 2.41. The van der Waals surface area contributed by atoms with Crippen LogP contribution in [0.3, 0.4) is 0 Å². The van der Waals surface area contributed by atoms with Crippen LogP contribution < -0.4 is 0 Å². The Balaban J connectivity index is 1.83. The van der Waals surface area contributed by atoms with Gasteiger partial charge in [-0.15, -0.1) is 0 Å². The van der Waals surface area contributed by atoms with Crippen LogP contribution in [0.1, 0.15) is 80.5 Å². The van der Waals surface area contributed by atoms with Gasteiger partial charge in [0.1, 0.15) is 0 Å². The molecule has 0 aliphatic heterocycles. The van der Waals surface area contributed by atoms with Gasteiger partial charge in [-0.3, -0.25) is 0 Å². The average Bonchev–Trinajstić information content (AvgIpc) is 2.76. The van der Waals surface area contributed by atoms with E-state index in [9.17, 15) is 26.3 Å². The fourth-order valence-corrected chi connectivity index (χ4v) is 4.78. The van der Waals surface area contributed by atoms with E-state index in [0.29, 0.717) is 25.2 Å². The van der Waals surface area contributed by atoms with Crippen LogP contribution in [-0.2, 0) is 19.3 Å². The largest absolute Gasteiger partial charge is 0.203 e. The normalized spacial score (nSPS) is 19.1. The minimum Gasteiger partial charge on any atom is -0.203 e. The summed E-state index contributed by atoms with van der Waals surface area (Å²) in [4.78, 5) is 0. The van der Waals surface area contributed by atoms with Gasteiger partial charge in [0.25, 0.3) is 0 Å². The third-order valence-corrected chi connectivity index (χ3v) is 6.61.